The van der Waals surface area contributed by atoms with Gasteiger partial charge in [0, 0.05) is 31.4 Å². The van der Waals surface area contributed by atoms with Crippen LogP contribution in [0.1, 0.15) is 22.4 Å². The average Bonchev–Trinajstić information content (AvgIpc) is 2.60. The summed E-state index contributed by atoms with van der Waals surface area (Å²) in [5.41, 5.74) is 5.23. The Morgan fingerprint density at radius 3 is 2.62 bits per heavy atom. The third-order valence-corrected chi connectivity index (χ3v) is 2.77. The maximum atomic E-state index is 4.51. The van der Waals surface area contributed by atoms with Crippen LogP contribution in [0, 0.1) is 13.8 Å². The normalized spacial score (nSPS) is 14.4. The standard InChI is InChI=1S/C10H15N3/c1-6-7(2)13-10(11-3)9-5-12-4-8(6)9/h12H,4-5H2,1-3H3,(H,11,13). The summed E-state index contributed by atoms with van der Waals surface area (Å²) in [6, 6.07) is 0. The maximum Gasteiger partial charge on any atom is 0.130 e. The second-order valence-electron chi connectivity index (χ2n) is 3.48. The van der Waals surface area contributed by atoms with Crippen LogP contribution in [0.15, 0.2) is 0 Å². The molecule has 0 bridgehead atoms. The molecular formula is C10H15N3. The van der Waals surface area contributed by atoms with Crippen LogP contribution in [-0.4, -0.2) is 12.0 Å². The molecule has 0 aromatic carbocycles. The van der Waals surface area contributed by atoms with Crippen LogP contribution in [0.4, 0.5) is 5.82 Å². The van der Waals surface area contributed by atoms with E-state index in [1.807, 2.05) is 7.05 Å². The third kappa shape index (κ3) is 1.20. The van der Waals surface area contributed by atoms with Crippen molar-refractivity contribution in [2.24, 2.45) is 0 Å². The van der Waals surface area contributed by atoms with Crippen molar-refractivity contribution < 1.29 is 0 Å². The molecule has 1 aromatic rings. The summed E-state index contributed by atoms with van der Waals surface area (Å²) in [6.07, 6.45) is 0. The number of hydrogen-bond donors (Lipinski definition) is 2. The Morgan fingerprint density at radius 2 is 1.92 bits per heavy atom. The minimum absolute atomic E-state index is 0.944. The van der Waals surface area contributed by atoms with Gasteiger partial charge in [-0.05, 0) is 25.0 Å². The summed E-state index contributed by atoms with van der Waals surface area (Å²) in [7, 11) is 1.93. The zero-order valence-electron chi connectivity index (χ0n) is 8.36. The molecule has 0 radical (unpaired) electrons. The Hall–Kier alpha value is -1.09. The van der Waals surface area contributed by atoms with Crippen molar-refractivity contribution in [2.75, 3.05) is 12.4 Å². The molecule has 2 heterocycles. The summed E-state index contributed by atoms with van der Waals surface area (Å²) >= 11 is 0. The predicted molar refractivity (Wildman–Crippen MR) is 53.8 cm³/mol. The first-order valence-electron chi connectivity index (χ1n) is 4.61. The summed E-state index contributed by atoms with van der Waals surface area (Å²) in [5, 5.41) is 6.49. The lowest BCUT2D eigenvalue weighted by Gasteiger charge is -2.11. The number of rotatable bonds is 1. The zero-order chi connectivity index (χ0) is 9.42. The summed E-state index contributed by atoms with van der Waals surface area (Å²) in [5.74, 6) is 1.03. The van der Waals surface area contributed by atoms with Crippen molar-refractivity contribution in [3.63, 3.8) is 0 Å². The summed E-state index contributed by atoms with van der Waals surface area (Å²) < 4.78 is 0. The topological polar surface area (TPSA) is 37.0 Å². The lowest BCUT2D eigenvalue weighted by molar-refractivity contribution is 0.763. The summed E-state index contributed by atoms with van der Waals surface area (Å²) in [6.45, 7) is 6.14. The first-order valence-corrected chi connectivity index (χ1v) is 4.61. The van der Waals surface area contributed by atoms with Gasteiger partial charge < -0.3 is 10.6 Å². The first-order chi connectivity index (χ1) is 6.24. The highest BCUT2D eigenvalue weighted by atomic mass is 15.0. The van der Waals surface area contributed by atoms with Crippen LogP contribution in [-0.2, 0) is 13.1 Å². The van der Waals surface area contributed by atoms with E-state index in [9.17, 15) is 0 Å². The van der Waals surface area contributed by atoms with E-state index in [2.05, 4.69) is 29.5 Å². The number of anilines is 1. The Bertz CT molecular complexity index is 345. The quantitative estimate of drug-likeness (QED) is 0.679. The van der Waals surface area contributed by atoms with E-state index in [-0.39, 0.29) is 0 Å². The van der Waals surface area contributed by atoms with E-state index in [1.54, 1.807) is 0 Å². The minimum Gasteiger partial charge on any atom is -0.373 e. The third-order valence-electron chi connectivity index (χ3n) is 2.77. The van der Waals surface area contributed by atoms with Crippen LogP contribution >= 0.6 is 0 Å². The lowest BCUT2D eigenvalue weighted by atomic mass is 10.0. The van der Waals surface area contributed by atoms with Gasteiger partial charge in [0.05, 0.1) is 0 Å². The highest BCUT2D eigenvalue weighted by Crippen LogP contribution is 2.26. The fourth-order valence-electron chi connectivity index (χ4n) is 1.86. The number of nitrogens with zero attached hydrogens (tertiary/aromatic N) is 1. The fourth-order valence-corrected chi connectivity index (χ4v) is 1.86. The van der Waals surface area contributed by atoms with E-state index in [0.717, 1.165) is 24.6 Å². The van der Waals surface area contributed by atoms with Gasteiger partial charge in [0.2, 0.25) is 0 Å². The lowest BCUT2D eigenvalue weighted by Crippen LogP contribution is -2.03. The van der Waals surface area contributed by atoms with Crippen molar-refractivity contribution in [1.29, 1.82) is 0 Å². The first kappa shape index (κ1) is 8.51. The smallest absolute Gasteiger partial charge is 0.130 e. The second kappa shape index (κ2) is 3.00. The predicted octanol–water partition coefficient (Wildman–Crippen LogP) is 1.34. The van der Waals surface area contributed by atoms with Gasteiger partial charge in [0.1, 0.15) is 5.82 Å². The molecule has 2 N–H and O–H groups in total. The molecule has 0 spiro atoms. The number of pyridine rings is 1. The van der Waals surface area contributed by atoms with Gasteiger partial charge in [-0.3, -0.25) is 0 Å². The molecule has 3 nitrogen and oxygen atoms in total. The van der Waals surface area contributed by atoms with Crippen LogP contribution in [0.3, 0.4) is 0 Å². The van der Waals surface area contributed by atoms with Crippen molar-refractivity contribution >= 4 is 5.82 Å². The van der Waals surface area contributed by atoms with E-state index in [4.69, 9.17) is 0 Å². The largest absolute Gasteiger partial charge is 0.373 e. The second-order valence-corrected chi connectivity index (χ2v) is 3.48. The number of aromatic nitrogens is 1. The molecule has 0 amide bonds. The van der Waals surface area contributed by atoms with Gasteiger partial charge in [-0.1, -0.05) is 0 Å². The average molecular weight is 177 g/mol. The maximum absolute atomic E-state index is 4.51. The molecule has 0 unspecified atom stereocenters. The number of hydrogen-bond acceptors (Lipinski definition) is 3. The molecule has 0 aliphatic carbocycles. The van der Waals surface area contributed by atoms with Crippen molar-refractivity contribution in [3.05, 3.63) is 22.4 Å². The molecule has 0 atom stereocenters. The zero-order valence-corrected chi connectivity index (χ0v) is 8.36. The van der Waals surface area contributed by atoms with E-state index in [1.165, 1.54) is 16.7 Å². The molecule has 3 heteroatoms. The van der Waals surface area contributed by atoms with Gasteiger partial charge in [-0.25, -0.2) is 4.98 Å². The Balaban J connectivity index is 2.64. The molecule has 1 aliphatic heterocycles. The van der Waals surface area contributed by atoms with Crippen LogP contribution in [0.5, 0.6) is 0 Å². The Morgan fingerprint density at radius 1 is 1.23 bits per heavy atom. The fraction of sp³-hybridized carbons (Fsp3) is 0.500. The molecule has 0 saturated carbocycles. The molecule has 13 heavy (non-hydrogen) atoms. The van der Waals surface area contributed by atoms with Gasteiger partial charge in [-0.15, -0.1) is 0 Å². The molecule has 70 valence electrons. The monoisotopic (exact) mass is 177 g/mol. The van der Waals surface area contributed by atoms with Crippen molar-refractivity contribution in [1.82, 2.24) is 10.3 Å². The van der Waals surface area contributed by atoms with E-state index < -0.39 is 0 Å². The van der Waals surface area contributed by atoms with Gasteiger partial charge in [0.25, 0.3) is 0 Å². The molecule has 0 saturated heterocycles. The highest BCUT2D eigenvalue weighted by Gasteiger charge is 2.18. The van der Waals surface area contributed by atoms with Crippen LogP contribution in [0.25, 0.3) is 0 Å². The van der Waals surface area contributed by atoms with E-state index in [0.29, 0.717) is 0 Å². The summed E-state index contributed by atoms with van der Waals surface area (Å²) in [4.78, 5) is 4.51. The molecule has 2 rings (SSSR count). The number of aryl methyl sites for hydroxylation is 1. The number of nitrogens with one attached hydrogen (secondary N) is 2. The molecule has 1 aromatic heterocycles. The Kier molecular flexibility index (Phi) is 1.96. The van der Waals surface area contributed by atoms with Crippen molar-refractivity contribution in [2.45, 2.75) is 26.9 Å². The van der Waals surface area contributed by atoms with Crippen LogP contribution in [0.2, 0.25) is 0 Å². The SMILES string of the molecule is CNc1nc(C)c(C)c2c1CNC2. The molecule has 1 aliphatic rings. The molecular weight excluding hydrogens is 162 g/mol. The van der Waals surface area contributed by atoms with Crippen LogP contribution < -0.4 is 10.6 Å². The molecule has 0 fully saturated rings. The minimum atomic E-state index is 0.944. The van der Waals surface area contributed by atoms with Crippen molar-refractivity contribution in [3.8, 4) is 0 Å². The van der Waals surface area contributed by atoms with Gasteiger partial charge in [0.15, 0.2) is 0 Å². The highest BCUT2D eigenvalue weighted by molar-refractivity contribution is 5.54. The number of fused-ring (bicyclic) bond motifs is 1. The van der Waals surface area contributed by atoms with E-state index >= 15 is 0 Å². The van der Waals surface area contributed by atoms with Gasteiger partial charge >= 0.3 is 0 Å². The van der Waals surface area contributed by atoms with Gasteiger partial charge in [-0.2, -0.15) is 0 Å². The Labute approximate surface area is 78.6 Å².